The van der Waals surface area contributed by atoms with E-state index in [2.05, 4.69) is 44.4 Å². The van der Waals surface area contributed by atoms with Crippen molar-refractivity contribution in [3.8, 4) is 0 Å². The van der Waals surface area contributed by atoms with Crippen LogP contribution in [0.15, 0.2) is 29.3 Å². The number of aliphatic imine (C=N–C) groups is 1. The Hall–Kier alpha value is -0.870. The van der Waals surface area contributed by atoms with Crippen LogP contribution in [0.5, 0.6) is 0 Å². The summed E-state index contributed by atoms with van der Waals surface area (Å²) in [5, 5.41) is 3.46. The Bertz CT molecular complexity index is 805. The minimum atomic E-state index is -3.06. The summed E-state index contributed by atoms with van der Waals surface area (Å²) in [5.74, 6) is 0.947. The molecule has 2 saturated heterocycles. The molecule has 0 spiro atoms. The Morgan fingerprint density at radius 2 is 1.76 bits per heavy atom. The number of hydrogen-bond acceptors (Lipinski definition) is 4. The van der Waals surface area contributed by atoms with Crippen LogP contribution < -0.4 is 5.32 Å². The Kier molecular flexibility index (Phi) is 8.78. The number of guanidine groups is 1. The number of hydrogen-bond donors (Lipinski definition) is 1. The van der Waals surface area contributed by atoms with Gasteiger partial charge in [0.05, 0.1) is 10.5 Å². The molecule has 0 aromatic heterocycles. The van der Waals surface area contributed by atoms with Crippen molar-refractivity contribution in [1.29, 1.82) is 0 Å². The van der Waals surface area contributed by atoms with Crippen LogP contribution >= 0.6 is 24.0 Å². The van der Waals surface area contributed by atoms with Gasteiger partial charge in [-0.25, -0.2) is 8.42 Å². The van der Waals surface area contributed by atoms with Crippen molar-refractivity contribution >= 4 is 39.8 Å². The summed E-state index contributed by atoms with van der Waals surface area (Å²) < 4.78 is 23.8. The van der Waals surface area contributed by atoms with Gasteiger partial charge in [0.1, 0.15) is 0 Å². The molecule has 0 radical (unpaired) electrons. The molecule has 2 heterocycles. The number of likely N-dealkylation sites (tertiary alicyclic amines) is 1. The zero-order valence-electron chi connectivity index (χ0n) is 17.9. The highest BCUT2D eigenvalue weighted by molar-refractivity contribution is 14.0. The van der Waals surface area contributed by atoms with E-state index in [1.807, 2.05) is 0 Å². The third-order valence-corrected chi connectivity index (χ3v) is 8.49. The molecular formula is C21H35IN4O2S. The Balaban J connectivity index is 0.00000300. The number of nitrogens with one attached hydrogen (secondary N) is 1. The fourth-order valence-corrected chi connectivity index (χ4v) is 5.44. The van der Waals surface area contributed by atoms with Crippen LogP contribution in [0.1, 0.15) is 44.2 Å². The second-order valence-corrected chi connectivity index (χ2v) is 11.2. The zero-order chi connectivity index (χ0) is 20.2. The van der Waals surface area contributed by atoms with Crippen molar-refractivity contribution in [1.82, 2.24) is 15.1 Å². The number of piperidine rings is 1. The van der Waals surface area contributed by atoms with Crippen LogP contribution in [-0.2, 0) is 22.9 Å². The van der Waals surface area contributed by atoms with Gasteiger partial charge in [0.15, 0.2) is 15.8 Å². The molecule has 0 unspecified atom stereocenters. The molecule has 1 N–H and O–H groups in total. The average Bonchev–Trinajstić information content (AvgIpc) is 2.67. The Morgan fingerprint density at radius 3 is 2.38 bits per heavy atom. The van der Waals surface area contributed by atoms with E-state index < -0.39 is 14.6 Å². The lowest BCUT2D eigenvalue weighted by atomic mass is 10.0. The lowest BCUT2D eigenvalue weighted by molar-refractivity contribution is 0.220. The van der Waals surface area contributed by atoms with Gasteiger partial charge in [-0.15, -0.1) is 24.0 Å². The molecule has 3 rings (SSSR count). The van der Waals surface area contributed by atoms with Gasteiger partial charge < -0.3 is 10.2 Å². The molecule has 0 aliphatic carbocycles. The summed E-state index contributed by atoms with van der Waals surface area (Å²) in [7, 11) is -1.29. The molecule has 1 aromatic carbocycles. The molecule has 8 heteroatoms. The van der Waals surface area contributed by atoms with Crippen LogP contribution in [0.25, 0.3) is 0 Å². The molecule has 2 aliphatic rings. The smallest absolute Gasteiger partial charge is 0.193 e. The highest BCUT2D eigenvalue weighted by Gasteiger charge is 2.40. The molecule has 164 valence electrons. The van der Waals surface area contributed by atoms with Gasteiger partial charge in [0.25, 0.3) is 0 Å². The first-order valence-electron chi connectivity index (χ1n) is 10.3. The van der Waals surface area contributed by atoms with E-state index >= 15 is 0 Å². The predicted molar refractivity (Wildman–Crippen MR) is 131 cm³/mol. The van der Waals surface area contributed by atoms with E-state index in [0.29, 0.717) is 19.6 Å². The van der Waals surface area contributed by atoms with E-state index in [1.165, 1.54) is 43.5 Å². The van der Waals surface area contributed by atoms with Gasteiger partial charge in [0, 0.05) is 33.2 Å². The van der Waals surface area contributed by atoms with Crippen LogP contribution in [0.2, 0.25) is 0 Å². The van der Waals surface area contributed by atoms with Crippen molar-refractivity contribution in [2.24, 2.45) is 4.99 Å². The number of halogens is 1. The quantitative estimate of drug-likeness (QED) is 0.366. The fourth-order valence-electron chi connectivity index (χ4n) is 4.07. The van der Waals surface area contributed by atoms with Gasteiger partial charge in [0.2, 0.25) is 0 Å². The third-order valence-electron chi connectivity index (χ3n) is 5.95. The summed E-state index contributed by atoms with van der Waals surface area (Å²) in [6.45, 7) is 8.60. The highest BCUT2D eigenvalue weighted by Crippen LogP contribution is 2.24. The average molecular weight is 535 g/mol. The topological polar surface area (TPSA) is 65.0 Å². The highest BCUT2D eigenvalue weighted by atomic mass is 127. The maximum atomic E-state index is 12.3. The van der Waals surface area contributed by atoms with E-state index in [1.54, 1.807) is 20.9 Å². The lowest BCUT2D eigenvalue weighted by Crippen LogP contribution is -2.57. The molecule has 6 nitrogen and oxygen atoms in total. The summed E-state index contributed by atoms with van der Waals surface area (Å²) in [6.07, 6.45) is 3.93. The summed E-state index contributed by atoms with van der Waals surface area (Å²) in [4.78, 5) is 9.01. The minimum Gasteiger partial charge on any atom is -0.352 e. The first-order valence-corrected chi connectivity index (χ1v) is 11.9. The Morgan fingerprint density at radius 1 is 1.10 bits per heavy atom. The van der Waals surface area contributed by atoms with Crippen molar-refractivity contribution < 1.29 is 8.42 Å². The second kappa shape index (κ2) is 10.4. The Labute approximate surface area is 193 Å². The molecular weight excluding hydrogens is 499 g/mol. The van der Waals surface area contributed by atoms with Crippen LogP contribution in [0.3, 0.4) is 0 Å². The largest absolute Gasteiger partial charge is 0.352 e. The first-order chi connectivity index (χ1) is 13.3. The minimum absolute atomic E-state index is 0. The van der Waals surface area contributed by atoms with E-state index in [0.717, 1.165) is 12.5 Å². The molecule has 0 saturated carbocycles. The fraction of sp³-hybridized carbons (Fsp3) is 0.667. The summed E-state index contributed by atoms with van der Waals surface area (Å²) in [6, 6.07) is 8.57. The second-order valence-electron chi connectivity index (χ2n) is 8.51. The van der Waals surface area contributed by atoms with E-state index in [-0.39, 0.29) is 29.7 Å². The standard InChI is InChI=1S/C21H34N4O2S.HI/c1-21(2)17-25(13-14-28(21,26)27)20(22-3)23-15-18-9-5-6-10-19(18)16-24-11-7-4-8-12-24;/h5-6,9-10H,4,7-8,11-17H2,1-3H3,(H,22,23);1H. The normalized spacial score (nSPS) is 22.0. The maximum absolute atomic E-state index is 12.3. The molecule has 2 fully saturated rings. The number of rotatable bonds is 4. The van der Waals surface area contributed by atoms with Gasteiger partial charge in [-0.1, -0.05) is 30.7 Å². The van der Waals surface area contributed by atoms with Crippen LogP contribution in [-0.4, -0.2) is 67.9 Å². The third kappa shape index (κ3) is 6.07. The summed E-state index contributed by atoms with van der Waals surface area (Å²) in [5.41, 5.74) is 2.63. The van der Waals surface area contributed by atoms with Gasteiger partial charge in [-0.3, -0.25) is 9.89 Å². The molecule has 29 heavy (non-hydrogen) atoms. The van der Waals surface area contributed by atoms with Gasteiger partial charge in [-0.05, 0) is 50.9 Å². The predicted octanol–water partition coefficient (Wildman–Crippen LogP) is 2.87. The number of sulfone groups is 1. The van der Waals surface area contributed by atoms with Crippen LogP contribution in [0, 0.1) is 0 Å². The lowest BCUT2D eigenvalue weighted by Gasteiger charge is -2.39. The zero-order valence-corrected chi connectivity index (χ0v) is 21.0. The summed E-state index contributed by atoms with van der Waals surface area (Å²) >= 11 is 0. The van der Waals surface area contributed by atoms with Crippen LogP contribution in [0.4, 0.5) is 0 Å². The van der Waals surface area contributed by atoms with Crippen molar-refractivity contribution in [2.75, 3.05) is 39.0 Å². The van der Waals surface area contributed by atoms with Gasteiger partial charge >= 0.3 is 0 Å². The SMILES string of the molecule is CN=C(NCc1ccccc1CN1CCCCC1)N1CCS(=O)(=O)C(C)(C)C1.I. The van der Waals surface area contributed by atoms with Crippen molar-refractivity contribution in [2.45, 2.75) is 50.9 Å². The van der Waals surface area contributed by atoms with E-state index in [4.69, 9.17) is 0 Å². The maximum Gasteiger partial charge on any atom is 0.193 e. The van der Waals surface area contributed by atoms with Crippen molar-refractivity contribution in [3.05, 3.63) is 35.4 Å². The molecule has 0 amide bonds. The molecule has 2 aliphatic heterocycles. The van der Waals surface area contributed by atoms with Crippen molar-refractivity contribution in [3.63, 3.8) is 0 Å². The van der Waals surface area contributed by atoms with E-state index in [9.17, 15) is 8.42 Å². The number of nitrogens with zero attached hydrogens (tertiary/aromatic N) is 3. The monoisotopic (exact) mass is 534 g/mol. The molecule has 1 aromatic rings. The molecule has 0 atom stereocenters. The number of benzene rings is 1. The molecule has 0 bridgehead atoms. The first kappa shape index (κ1) is 24.4. The van der Waals surface area contributed by atoms with Gasteiger partial charge in [-0.2, -0.15) is 0 Å².